The summed E-state index contributed by atoms with van der Waals surface area (Å²) < 4.78 is 0. The second kappa shape index (κ2) is 13.0. The average Bonchev–Trinajstić information content (AvgIpc) is 2.89. The summed E-state index contributed by atoms with van der Waals surface area (Å²) in [6.45, 7) is 0. The molecule has 0 atom stereocenters. The van der Waals surface area contributed by atoms with E-state index < -0.39 is 0 Å². The number of benzene rings is 2. The first-order valence-electron chi connectivity index (χ1n) is 10.5. The van der Waals surface area contributed by atoms with Crippen molar-refractivity contribution in [1.82, 2.24) is 0 Å². The van der Waals surface area contributed by atoms with Crippen molar-refractivity contribution in [2.24, 2.45) is 0 Å². The molecule has 0 saturated heterocycles. The summed E-state index contributed by atoms with van der Waals surface area (Å²) in [7, 11) is 7.66. The van der Waals surface area contributed by atoms with Gasteiger partial charge in [0.25, 0.3) is 0 Å². The van der Waals surface area contributed by atoms with Gasteiger partial charge in [0.05, 0.1) is 5.57 Å². The van der Waals surface area contributed by atoms with Crippen LogP contribution < -0.4 is 9.80 Å². The quantitative estimate of drug-likeness (QED) is 0.385. The molecule has 0 aliphatic carbocycles. The molecule has 0 saturated carbocycles. The van der Waals surface area contributed by atoms with Crippen molar-refractivity contribution < 1.29 is 0 Å². The van der Waals surface area contributed by atoms with Crippen LogP contribution in [0.1, 0.15) is 11.1 Å². The Labute approximate surface area is 212 Å². The highest BCUT2D eigenvalue weighted by Gasteiger charge is 2.18. The molecule has 6 heteroatoms. The van der Waals surface area contributed by atoms with E-state index in [4.69, 9.17) is 0 Å². The predicted octanol–water partition coefficient (Wildman–Crippen LogP) is 4.02. The largest absolute Gasteiger partial charge is 0.378 e. The lowest BCUT2D eigenvalue weighted by Crippen LogP contribution is -2.08. The van der Waals surface area contributed by atoms with Crippen LogP contribution in [0.3, 0.4) is 0 Å². The Kier molecular flexibility index (Phi) is 9.54. The maximum atomic E-state index is 9.55. The highest BCUT2D eigenvalue weighted by Crippen LogP contribution is 2.30. The minimum atomic E-state index is -0.328. The summed E-state index contributed by atoms with van der Waals surface area (Å²) in [4.78, 5) is 3.88. The molecular formula is C30H20N6. The third kappa shape index (κ3) is 6.83. The molecule has 0 aliphatic rings. The second-order valence-electron chi connectivity index (χ2n) is 7.58. The molecule has 6 nitrogen and oxygen atoms in total. The first kappa shape index (κ1) is 26.4. The summed E-state index contributed by atoms with van der Waals surface area (Å²) in [6, 6.07) is 21.9. The van der Waals surface area contributed by atoms with Crippen LogP contribution in [-0.4, -0.2) is 28.2 Å². The molecule has 170 valence electrons. The predicted molar refractivity (Wildman–Crippen MR) is 140 cm³/mol. The molecular weight excluding hydrogens is 444 g/mol. The summed E-state index contributed by atoms with van der Waals surface area (Å²) >= 11 is 0. The monoisotopic (exact) mass is 464 g/mol. The molecule has 2 aromatic rings. The lowest BCUT2D eigenvalue weighted by atomic mass is 9.90. The maximum Gasteiger partial charge on any atom is 0.145 e. The van der Waals surface area contributed by atoms with Crippen LogP contribution >= 0.6 is 0 Å². The molecule has 2 rings (SSSR count). The van der Waals surface area contributed by atoms with Gasteiger partial charge in [-0.25, -0.2) is 0 Å². The van der Waals surface area contributed by atoms with E-state index >= 15 is 0 Å². The van der Waals surface area contributed by atoms with Crippen LogP contribution in [0.5, 0.6) is 0 Å². The van der Waals surface area contributed by atoms with Gasteiger partial charge in [0.2, 0.25) is 0 Å². The standard InChI is InChI=1S/C30H20N6/c1-35(2)27-15-11-23(12-16-27)9-7-5-6-8-10-29(25(19-31)20-32)30(26(21-33)22-34)24-13-17-28(18-14-24)36(3)4/h11-18H,1-4H3. The zero-order valence-electron chi connectivity index (χ0n) is 20.3. The van der Waals surface area contributed by atoms with E-state index in [1.165, 1.54) is 0 Å². The van der Waals surface area contributed by atoms with Crippen molar-refractivity contribution in [1.29, 1.82) is 21.0 Å². The van der Waals surface area contributed by atoms with Gasteiger partial charge in [-0.2, -0.15) is 21.0 Å². The number of anilines is 2. The van der Waals surface area contributed by atoms with Crippen molar-refractivity contribution in [2.75, 3.05) is 38.0 Å². The van der Waals surface area contributed by atoms with Crippen molar-refractivity contribution in [3.8, 4) is 59.8 Å². The fourth-order valence-electron chi connectivity index (χ4n) is 2.97. The fraction of sp³-hybridized carbons (Fsp3) is 0.133. The van der Waals surface area contributed by atoms with Crippen LogP contribution in [0.4, 0.5) is 11.4 Å². The van der Waals surface area contributed by atoms with E-state index in [1.54, 1.807) is 36.4 Å². The molecule has 0 radical (unpaired) electrons. The van der Waals surface area contributed by atoms with Gasteiger partial charge in [-0.1, -0.05) is 18.1 Å². The molecule has 0 aliphatic heterocycles. The van der Waals surface area contributed by atoms with Crippen molar-refractivity contribution >= 4 is 16.9 Å². The molecule has 0 N–H and O–H groups in total. The van der Waals surface area contributed by atoms with Gasteiger partial charge in [0, 0.05) is 50.7 Å². The molecule has 0 heterocycles. The summed E-state index contributed by atoms with van der Waals surface area (Å²) in [6.07, 6.45) is 0. The van der Waals surface area contributed by atoms with Gasteiger partial charge in [-0.05, 0) is 71.6 Å². The summed E-state index contributed by atoms with van der Waals surface area (Å²) in [5, 5.41) is 38.1. The minimum absolute atomic E-state index is 0.0442. The molecule has 0 aromatic heterocycles. The zero-order valence-corrected chi connectivity index (χ0v) is 20.3. The summed E-state index contributed by atoms with van der Waals surface area (Å²) in [5.41, 5.74) is 2.67. The smallest absolute Gasteiger partial charge is 0.145 e. The lowest BCUT2D eigenvalue weighted by Gasteiger charge is -2.14. The number of rotatable bonds is 4. The van der Waals surface area contributed by atoms with Crippen molar-refractivity contribution in [3.63, 3.8) is 0 Å². The molecule has 0 amide bonds. The number of nitrogens with zero attached hydrogens (tertiary/aromatic N) is 6. The van der Waals surface area contributed by atoms with Gasteiger partial charge in [0.15, 0.2) is 0 Å². The van der Waals surface area contributed by atoms with Gasteiger partial charge < -0.3 is 9.80 Å². The number of hydrogen-bond acceptors (Lipinski definition) is 6. The van der Waals surface area contributed by atoms with E-state index in [0.717, 1.165) is 16.9 Å². The fourth-order valence-corrected chi connectivity index (χ4v) is 2.97. The Balaban J connectivity index is 2.52. The van der Waals surface area contributed by atoms with E-state index in [-0.39, 0.29) is 22.3 Å². The van der Waals surface area contributed by atoms with Crippen LogP contribution in [0.2, 0.25) is 0 Å². The van der Waals surface area contributed by atoms with Gasteiger partial charge >= 0.3 is 0 Å². The summed E-state index contributed by atoms with van der Waals surface area (Å²) in [5.74, 6) is 16.1. The normalized spacial score (nSPS) is 8.33. The molecule has 36 heavy (non-hydrogen) atoms. The Morgan fingerprint density at radius 1 is 0.583 bits per heavy atom. The average molecular weight is 465 g/mol. The van der Waals surface area contributed by atoms with Crippen molar-refractivity contribution in [3.05, 3.63) is 76.4 Å². The third-order valence-corrected chi connectivity index (χ3v) is 4.84. The van der Waals surface area contributed by atoms with E-state index in [9.17, 15) is 21.0 Å². The highest BCUT2D eigenvalue weighted by molar-refractivity contribution is 5.92. The first-order valence-corrected chi connectivity index (χ1v) is 10.5. The van der Waals surface area contributed by atoms with Gasteiger partial charge in [-0.3, -0.25) is 0 Å². The molecule has 2 aromatic carbocycles. The van der Waals surface area contributed by atoms with Crippen LogP contribution in [0.15, 0.2) is 65.3 Å². The van der Waals surface area contributed by atoms with Crippen LogP contribution in [0, 0.1) is 80.8 Å². The Bertz CT molecular complexity index is 1520. The van der Waals surface area contributed by atoms with Crippen LogP contribution in [0.25, 0.3) is 5.57 Å². The minimum Gasteiger partial charge on any atom is -0.378 e. The van der Waals surface area contributed by atoms with E-state index in [2.05, 4.69) is 35.5 Å². The molecule has 0 unspecified atom stereocenters. The highest BCUT2D eigenvalue weighted by atomic mass is 15.1. The Morgan fingerprint density at radius 2 is 1.06 bits per heavy atom. The third-order valence-electron chi connectivity index (χ3n) is 4.84. The van der Waals surface area contributed by atoms with Crippen LogP contribution in [-0.2, 0) is 0 Å². The number of nitriles is 4. The van der Waals surface area contributed by atoms with Gasteiger partial charge in [0.1, 0.15) is 35.4 Å². The van der Waals surface area contributed by atoms with E-state index in [1.807, 2.05) is 74.4 Å². The SMILES string of the molecule is CN(C)c1ccc(C#CC#CC#CC(=C(C#N)C#N)C(=C(C#N)C#N)c2ccc(N(C)C)cc2)cc1. The molecule has 0 spiro atoms. The topological polar surface area (TPSA) is 102 Å². The van der Waals surface area contributed by atoms with Gasteiger partial charge in [-0.15, -0.1) is 0 Å². The number of hydrogen-bond donors (Lipinski definition) is 0. The molecule has 0 bridgehead atoms. The second-order valence-corrected chi connectivity index (χ2v) is 7.58. The Morgan fingerprint density at radius 3 is 1.53 bits per heavy atom. The first-order chi connectivity index (χ1) is 17.4. The van der Waals surface area contributed by atoms with Crippen molar-refractivity contribution in [2.45, 2.75) is 0 Å². The Hall–Kier alpha value is -5.84. The molecule has 0 fully saturated rings. The van der Waals surface area contributed by atoms with E-state index in [0.29, 0.717) is 5.56 Å². The number of allylic oxidation sites excluding steroid dienone is 4. The lowest BCUT2D eigenvalue weighted by molar-refractivity contribution is 1.13. The maximum absolute atomic E-state index is 9.55. The zero-order chi connectivity index (χ0) is 26.5.